The highest BCUT2D eigenvalue weighted by Crippen LogP contribution is 2.46. The SMILES string of the molecule is Cc1cc(C)c2ccc3c4c(cc(-c5ccccc5)c3c2c1)CCCC4c1cccc(Cl)c1.c1cnccn1. The molecule has 0 radical (unpaired) electrons. The summed E-state index contributed by atoms with van der Waals surface area (Å²) in [6.07, 6.45) is 10.1. The third kappa shape index (κ3) is 5.05. The van der Waals surface area contributed by atoms with Crippen LogP contribution in [0.25, 0.3) is 32.7 Å². The maximum atomic E-state index is 6.43. The van der Waals surface area contributed by atoms with Crippen molar-refractivity contribution in [2.24, 2.45) is 0 Å². The maximum Gasteiger partial charge on any atom is 0.0451 e. The van der Waals surface area contributed by atoms with Gasteiger partial charge in [0.15, 0.2) is 0 Å². The fraction of sp³-hybridized carbons (Fsp3) is 0.167. The second-order valence-electron chi connectivity index (χ2n) is 10.4. The summed E-state index contributed by atoms with van der Waals surface area (Å²) in [6.45, 7) is 4.44. The molecule has 39 heavy (non-hydrogen) atoms. The van der Waals surface area contributed by atoms with Gasteiger partial charge in [-0.1, -0.05) is 90.0 Å². The molecule has 0 spiro atoms. The van der Waals surface area contributed by atoms with Crippen molar-refractivity contribution >= 4 is 33.1 Å². The number of benzene rings is 5. The van der Waals surface area contributed by atoms with Crippen LogP contribution in [-0.2, 0) is 6.42 Å². The first-order valence-corrected chi connectivity index (χ1v) is 14.0. The molecule has 0 saturated heterocycles. The lowest BCUT2D eigenvalue weighted by molar-refractivity contribution is 0.620. The first-order chi connectivity index (χ1) is 19.1. The van der Waals surface area contributed by atoms with Gasteiger partial charge < -0.3 is 0 Å². The van der Waals surface area contributed by atoms with E-state index in [0.29, 0.717) is 5.92 Å². The predicted molar refractivity (Wildman–Crippen MR) is 165 cm³/mol. The number of hydrogen-bond donors (Lipinski definition) is 0. The van der Waals surface area contributed by atoms with Crippen molar-refractivity contribution in [1.29, 1.82) is 0 Å². The predicted octanol–water partition coefficient (Wildman–Crippen LogP) is 9.88. The smallest absolute Gasteiger partial charge is 0.0451 e. The van der Waals surface area contributed by atoms with Gasteiger partial charge in [0, 0.05) is 35.7 Å². The van der Waals surface area contributed by atoms with Crippen LogP contribution in [0, 0.1) is 13.8 Å². The van der Waals surface area contributed by atoms with Crippen molar-refractivity contribution in [3.8, 4) is 11.1 Å². The standard InChI is InChI=1S/C32H27Cl.C4H4N2/c1-20-16-21(2)26-14-15-28-31-24(11-7-13-27(31)23-10-6-12-25(33)18-23)19-29(32(28)30(26)17-20)22-8-4-3-5-9-22;1-2-6-4-3-5-1/h3-6,8-10,12,14-19,27H,7,11,13H2,1-2H3;1-4H. The molecule has 0 amide bonds. The number of hydrogen-bond acceptors (Lipinski definition) is 2. The Morgan fingerprint density at radius 3 is 2.18 bits per heavy atom. The summed E-state index contributed by atoms with van der Waals surface area (Å²) in [5.41, 5.74) is 9.62. The van der Waals surface area contributed by atoms with Crippen LogP contribution in [0.1, 0.15) is 46.6 Å². The van der Waals surface area contributed by atoms with E-state index in [9.17, 15) is 0 Å². The Morgan fingerprint density at radius 2 is 1.46 bits per heavy atom. The van der Waals surface area contributed by atoms with Crippen molar-refractivity contribution in [1.82, 2.24) is 9.97 Å². The molecule has 1 heterocycles. The molecule has 0 N–H and O–H groups in total. The molecule has 192 valence electrons. The van der Waals surface area contributed by atoms with Gasteiger partial charge in [-0.3, -0.25) is 9.97 Å². The largest absolute Gasteiger partial charge is 0.262 e. The summed E-state index contributed by atoms with van der Waals surface area (Å²) in [4.78, 5) is 7.44. The Bertz CT molecular complexity index is 1730. The molecule has 2 nitrogen and oxygen atoms in total. The molecule has 0 aliphatic heterocycles. The number of nitrogens with zero attached hydrogens (tertiary/aromatic N) is 2. The zero-order valence-electron chi connectivity index (χ0n) is 22.4. The van der Waals surface area contributed by atoms with Crippen LogP contribution in [0.3, 0.4) is 0 Å². The molecule has 5 aromatic carbocycles. The first kappa shape index (κ1) is 25.3. The quantitative estimate of drug-likeness (QED) is 0.210. The highest BCUT2D eigenvalue weighted by Gasteiger charge is 2.26. The van der Waals surface area contributed by atoms with Crippen molar-refractivity contribution < 1.29 is 0 Å². The van der Waals surface area contributed by atoms with Gasteiger partial charge in [0.05, 0.1) is 0 Å². The first-order valence-electron chi connectivity index (χ1n) is 13.6. The van der Waals surface area contributed by atoms with E-state index in [0.717, 1.165) is 17.9 Å². The van der Waals surface area contributed by atoms with Crippen LogP contribution < -0.4 is 0 Å². The zero-order valence-corrected chi connectivity index (χ0v) is 23.1. The van der Waals surface area contributed by atoms with E-state index in [4.69, 9.17) is 11.6 Å². The normalized spacial score (nSPS) is 14.5. The van der Waals surface area contributed by atoms with Crippen LogP contribution in [0.2, 0.25) is 5.02 Å². The van der Waals surface area contributed by atoms with E-state index in [1.807, 2.05) is 6.07 Å². The zero-order chi connectivity index (χ0) is 26.8. The third-order valence-corrected chi connectivity index (χ3v) is 8.05. The van der Waals surface area contributed by atoms with Gasteiger partial charge in [-0.15, -0.1) is 0 Å². The molecule has 6 aromatic rings. The average Bonchev–Trinajstić information content (AvgIpc) is 2.97. The van der Waals surface area contributed by atoms with Gasteiger partial charge in [-0.25, -0.2) is 0 Å². The lowest BCUT2D eigenvalue weighted by Crippen LogP contribution is -2.12. The summed E-state index contributed by atoms with van der Waals surface area (Å²) in [6, 6.07) is 31.3. The highest BCUT2D eigenvalue weighted by atomic mass is 35.5. The average molecular weight is 527 g/mol. The molecule has 7 rings (SSSR count). The lowest BCUT2D eigenvalue weighted by atomic mass is 9.74. The molecular weight excluding hydrogens is 496 g/mol. The molecule has 0 saturated carbocycles. The van der Waals surface area contributed by atoms with Gasteiger partial charge in [-0.2, -0.15) is 0 Å². The van der Waals surface area contributed by atoms with Crippen LogP contribution in [0.15, 0.2) is 110 Å². The van der Waals surface area contributed by atoms with Gasteiger partial charge in [0.25, 0.3) is 0 Å². The van der Waals surface area contributed by atoms with Crippen molar-refractivity contribution in [3.63, 3.8) is 0 Å². The second-order valence-corrected chi connectivity index (χ2v) is 10.9. The summed E-state index contributed by atoms with van der Waals surface area (Å²) in [5, 5.41) is 6.32. The fourth-order valence-corrected chi connectivity index (χ4v) is 6.43. The minimum absolute atomic E-state index is 0.378. The second kappa shape index (κ2) is 11.0. The maximum absolute atomic E-state index is 6.43. The summed E-state index contributed by atoms with van der Waals surface area (Å²) < 4.78 is 0. The Kier molecular flexibility index (Phi) is 7.13. The summed E-state index contributed by atoms with van der Waals surface area (Å²) in [7, 11) is 0. The number of aryl methyl sites for hydroxylation is 3. The molecule has 0 bridgehead atoms. The Labute approximate surface area is 235 Å². The van der Waals surface area contributed by atoms with Crippen LogP contribution in [0.5, 0.6) is 0 Å². The van der Waals surface area contributed by atoms with Crippen molar-refractivity contribution in [2.45, 2.75) is 39.0 Å². The molecule has 1 unspecified atom stereocenters. The molecule has 1 aromatic heterocycles. The lowest BCUT2D eigenvalue weighted by Gasteiger charge is -2.29. The van der Waals surface area contributed by atoms with E-state index < -0.39 is 0 Å². The number of fused-ring (bicyclic) bond motifs is 5. The Hall–Kier alpha value is -4.01. The highest BCUT2D eigenvalue weighted by molar-refractivity contribution is 6.30. The van der Waals surface area contributed by atoms with Crippen LogP contribution in [0.4, 0.5) is 0 Å². The van der Waals surface area contributed by atoms with E-state index in [-0.39, 0.29) is 0 Å². The number of rotatable bonds is 2. The number of aromatic nitrogens is 2. The van der Waals surface area contributed by atoms with E-state index in [1.54, 1.807) is 24.8 Å². The summed E-state index contributed by atoms with van der Waals surface area (Å²) in [5.74, 6) is 0.378. The van der Waals surface area contributed by atoms with Crippen molar-refractivity contribution in [3.05, 3.63) is 143 Å². The van der Waals surface area contributed by atoms with Crippen molar-refractivity contribution in [2.75, 3.05) is 0 Å². The van der Waals surface area contributed by atoms with Crippen LogP contribution >= 0.6 is 11.6 Å². The van der Waals surface area contributed by atoms with E-state index in [2.05, 4.69) is 103 Å². The topological polar surface area (TPSA) is 25.8 Å². The molecule has 1 aliphatic carbocycles. The molecule has 1 aliphatic rings. The molecular formula is C36H31ClN2. The van der Waals surface area contributed by atoms with Crippen LogP contribution in [-0.4, -0.2) is 9.97 Å². The molecule has 0 fully saturated rings. The number of halogens is 1. The van der Waals surface area contributed by atoms with Gasteiger partial charge in [-0.05, 0) is 100 Å². The van der Waals surface area contributed by atoms with Gasteiger partial charge in [0.2, 0.25) is 0 Å². The minimum Gasteiger partial charge on any atom is -0.262 e. The Balaban J connectivity index is 0.000000410. The van der Waals surface area contributed by atoms with Gasteiger partial charge in [0.1, 0.15) is 0 Å². The molecule has 3 heteroatoms. The van der Waals surface area contributed by atoms with Gasteiger partial charge >= 0.3 is 0 Å². The minimum atomic E-state index is 0.378. The monoisotopic (exact) mass is 526 g/mol. The Morgan fingerprint density at radius 1 is 0.718 bits per heavy atom. The van der Waals surface area contributed by atoms with E-state index in [1.165, 1.54) is 66.9 Å². The third-order valence-electron chi connectivity index (χ3n) is 7.81. The van der Waals surface area contributed by atoms with E-state index >= 15 is 0 Å². The molecule has 1 atom stereocenters. The summed E-state index contributed by atoms with van der Waals surface area (Å²) >= 11 is 6.43. The fourth-order valence-electron chi connectivity index (χ4n) is 6.23.